The van der Waals surface area contributed by atoms with Crippen LogP contribution in [0.4, 0.5) is 0 Å². The van der Waals surface area contributed by atoms with Crippen LogP contribution in [0.5, 0.6) is 0 Å². The second-order valence-electron chi connectivity index (χ2n) is 1.42. The summed E-state index contributed by atoms with van der Waals surface area (Å²) in [4.78, 5) is 16.9. The van der Waals surface area contributed by atoms with Gasteiger partial charge < -0.3 is 4.98 Å². The summed E-state index contributed by atoms with van der Waals surface area (Å²) in [5, 5.41) is 1.05. The Morgan fingerprint density at radius 3 is 3.11 bits per heavy atom. The van der Waals surface area contributed by atoms with Gasteiger partial charge in [0.05, 0.1) is 5.37 Å². The van der Waals surface area contributed by atoms with E-state index in [4.69, 9.17) is 0 Å². The number of thiocarbonyl (C=S) groups is 1. The van der Waals surface area contributed by atoms with E-state index in [1.807, 2.05) is 0 Å². The summed E-state index contributed by atoms with van der Waals surface area (Å²) in [6.07, 6.45) is 3.08. The van der Waals surface area contributed by atoms with Crippen LogP contribution >= 0.6 is 12.2 Å². The van der Waals surface area contributed by atoms with Gasteiger partial charge in [0.15, 0.2) is 5.82 Å². The Kier molecular flexibility index (Phi) is 1.69. The number of Topliss-reactive ketones (excluding diaryl/α,β-unsaturated/α-hetero) is 1. The van der Waals surface area contributed by atoms with E-state index in [0.717, 1.165) is 5.37 Å². The van der Waals surface area contributed by atoms with Crippen LogP contribution in [0, 0.1) is 0 Å². The molecule has 3 nitrogen and oxygen atoms in total. The molecule has 0 amide bonds. The molecule has 0 bridgehead atoms. The highest BCUT2D eigenvalue weighted by atomic mass is 32.1. The first-order chi connectivity index (χ1) is 4.34. The van der Waals surface area contributed by atoms with Crippen LogP contribution in [-0.4, -0.2) is 21.1 Å². The van der Waals surface area contributed by atoms with E-state index in [9.17, 15) is 4.79 Å². The van der Waals surface area contributed by atoms with E-state index in [1.165, 1.54) is 6.20 Å². The van der Waals surface area contributed by atoms with Crippen molar-refractivity contribution in [2.75, 3.05) is 0 Å². The van der Waals surface area contributed by atoms with Crippen molar-refractivity contribution < 1.29 is 4.79 Å². The SMILES string of the molecule is O=C(C=S)c1ncc[nH]1. The average molecular weight is 140 g/mol. The summed E-state index contributed by atoms with van der Waals surface area (Å²) in [6.45, 7) is 0. The highest BCUT2D eigenvalue weighted by Crippen LogP contribution is 1.86. The Morgan fingerprint density at radius 1 is 1.89 bits per heavy atom. The van der Waals surface area contributed by atoms with Crippen molar-refractivity contribution in [1.29, 1.82) is 0 Å². The van der Waals surface area contributed by atoms with Crippen molar-refractivity contribution in [2.45, 2.75) is 0 Å². The Bertz CT molecular complexity index is 217. The molecule has 0 radical (unpaired) electrons. The van der Waals surface area contributed by atoms with Gasteiger partial charge >= 0.3 is 0 Å². The number of carbonyl (C=O) groups is 1. The minimum atomic E-state index is -0.255. The summed E-state index contributed by atoms with van der Waals surface area (Å²) < 4.78 is 0. The molecular formula is C5H4N2OS. The van der Waals surface area contributed by atoms with Crippen LogP contribution in [0.25, 0.3) is 0 Å². The third-order valence-electron chi connectivity index (χ3n) is 0.839. The minimum Gasteiger partial charge on any atom is -0.342 e. The maximum atomic E-state index is 10.6. The predicted molar refractivity (Wildman–Crippen MR) is 36.6 cm³/mol. The molecule has 0 aliphatic rings. The van der Waals surface area contributed by atoms with Crippen molar-refractivity contribution in [3.8, 4) is 0 Å². The quantitative estimate of drug-likeness (QED) is 0.483. The number of H-pyrrole nitrogens is 1. The molecule has 1 N–H and O–H groups in total. The highest BCUT2D eigenvalue weighted by molar-refractivity contribution is 7.80. The lowest BCUT2D eigenvalue weighted by Crippen LogP contribution is -1.99. The molecule has 0 saturated heterocycles. The second-order valence-corrected chi connectivity index (χ2v) is 1.66. The number of rotatable bonds is 2. The third kappa shape index (κ3) is 1.20. The molecule has 0 fully saturated rings. The van der Waals surface area contributed by atoms with E-state index in [-0.39, 0.29) is 5.78 Å². The van der Waals surface area contributed by atoms with Gasteiger partial charge in [-0.15, -0.1) is 0 Å². The number of carbonyl (C=O) groups excluding carboxylic acids is 1. The minimum absolute atomic E-state index is 0.255. The molecular weight excluding hydrogens is 136 g/mol. The zero-order valence-electron chi connectivity index (χ0n) is 4.50. The first-order valence-corrected chi connectivity index (χ1v) is 2.80. The summed E-state index contributed by atoms with van der Waals surface area (Å²) in [5.74, 6) is 0.0417. The molecule has 0 spiro atoms. The number of imidazole rings is 1. The molecule has 0 aliphatic carbocycles. The van der Waals surface area contributed by atoms with Gasteiger partial charge in [-0.2, -0.15) is 0 Å². The molecule has 1 rings (SSSR count). The standard InChI is InChI=1S/C5H4N2OS/c8-4(3-9)5-6-1-2-7-5/h1-3H,(H,6,7). The smallest absolute Gasteiger partial charge is 0.231 e. The lowest BCUT2D eigenvalue weighted by molar-refractivity contribution is 0.106. The fourth-order valence-corrected chi connectivity index (χ4v) is 0.567. The van der Waals surface area contributed by atoms with Gasteiger partial charge in [-0.05, 0) is 0 Å². The molecule has 9 heavy (non-hydrogen) atoms. The highest BCUT2D eigenvalue weighted by Gasteiger charge is 2.00. The van der Waals surface area contributed by atoms with Gasteiger partial charge in [0.2, 0.25) is 5.78 Å². The van der Waals surface area contributed by atoms with Crippen LogP contribution in [0.1, 0.15) is 10.6 Å². The Labute approximate surface area is 57.1 Å². The van der Waals surface area contributed by atoms with Gasteiger partial charge in [0.25, 0.3) is 0 Å². The van der Waals surface area contributed by atoms with E-state index in [0.29, 0.717) is 5.82 Å². The number of nitrogens with zero attached hydrogens (tertiary/aromatic N) is 1. The van der Waals surface area contributed by atoms with Gasteiger partial charge in [0.1, 0.15) is 0 Å². The molecule has 0 aromatic carbocycles. The topological polar surface area (TPSA) is 45.8 Å². The fourth-order valence-electron chi connectivity index (χ4n) is 0.456. The van der Waals surface area contributed by atoms with Gasteiger partial charge in [-0.25, -0.2) is 4.98 Å². The van der Waals surface area contributed by atoms with Gasteiger partial charge in [-0.3, -0.25) is 4.79 Å². The molecule has 0 saturated carbocycles. The number of aromatic nitrogens is 2. The number of ketones is 1. The van der Waals surface area contributed by atoms with Crippen LogP contribution in [-0.2, 0) is 0 Å². The summed E-state index contributed by atoms with van der Waals surface area (Å²) in [7, 11) is 0. The molecule has 0 atom stereocenters. The molecule has 1 heterocycles. The fraction of sp³-hybridized carbons (Fsp3) is 0. The van der Waals surface area contributed by atoms with Crippen LogP contribution < -0.4 is 0 Å². The van der Waals surface area contributed by atoms with Crippen LogP contribution in [0.3, 0.4) is 0 Å². The Morgan fingerprint density at radius 2 is 2.67 bits per heavy atom. The number of hydrogen-bond acceptors (Lipinski definition) is 3. The number of aromatic amines is 1. The van der Waals surface area contributed by atoms with Crippen molar-refractivity contribution in [3.63, 3.8) is 0 Å². The monoisotopic (exact) mass is 140 g/mol. The summed E-state index contributed by atoms with van der Waals surface area (Å²) in [6, 6.07) is 0. The maximum Gasteiger partial charge on any atom is 0.231 e. The molecule has 1 aromatic heterocycles. The first-order valence-electron chi connectivity index (χ1n) is 2.33. The predicted octanol–water partition coefficient (Wildman–Crippen LogP) is 0.592. The third-order valence-corrected chi connectivity index (χ3v) is 1.05. The summed E-state index contributed by atoms with van der Waals surface area (Å²) in [5.41, 5.74) is 0. The Balaban J connectivity index is 2.89. The van der Waals surface area contributed by atoms with Crippen molar-refractivity contribution in [2.24, 2.45) is 0 Å². The molecule has 4 heteroatoms. The van der Waals surface area contributed by atoms with Crippen molar-refractivity contribution >= 4 is 23.4 Å². The Hall–Kier alpha value is -1.03. The number of nitrogens with one attached hydrogen (secondary N) is 1. The zero-order chi connectivity index (χ0) is 6.69. The van der Waals surface area contributed by atoms with Crippen LogP contribution in [0.15, 0.2) is 12.4 Å². The lowest BCUT2D eigenvalue weighted by atomic mass is 10.4. The number of hydrogen-bond donors (Lipinski definition) is 1. The zero-order valence-corrected chi connectivity index (χ0v) is 5.31. The van der Waals surface area contributed by atoms with E-state index >= 15 is 0 Å². The van der Waals surface area contributed by atoms with Gasteiger partial charge in [-0.1, -0.05) is 12.2 Å². The largest absolute Gasteiger partial charge is 0.342 e. The molecule has 0 unspecified atom stereocenters. The van der Waals surface area contributed by atoms with E-state index in [2.05, 4.69) is 22.2 Å². The van der Waals surface area contributed by atoms with Crippen LogP contribution in [0.2, 0.25) is 0 Å². The maximum absolute atomic E-state index is 10.6. The lowest BCUT2D eigenvalue weighted by Gasteiger charge is -1.81. The normalized spacial score (nSPS) is 8.89. The van der Waals surface area contributed by atoms with E-state index in [1.54, 1.807) is 6.20 Å². The molecule has 46 valence electrons. The summed E-state index contributed by atoms with van der Waals surface area (Å²) >= 11 is 4.39. The first kappa shape index (κ1) is 6.10. The van der Waals surface area contributed by atoms with Crippen molar-refractivity contribution in [3.05, 3.63) is 18.2 Å². The second kappa shape index (κ2) is 2.50. The van der Waals surface area contributed by atoms with E-state index < -0.39 is 0 Å². The van der Waals surface area contributed by atoms with Gasteiger partial charge in [0, 0.05) is 12.4 Å². The average Bonchev–Trinajstić information content (AvgIpc) is 2.37. The van der Waals surface area contributed by atoms with Crippen molar-refractivity contribution in [1.82, 2.24) is 9.97 Å². The molecule has 0 aliphatic heterocycles. The molecule has 1 aromatic rings.